The van der Waals surface area contributed by atoms with Gasteiger partial charge in [0.05, 0.1) is 5.56 Å². The molecule has 6 nitrogen and oxygen atoms in total. The maximum atomic E-state index is 12.8. The number of amides is 2. The molecule has 1 aliphatic heterocycles. The van der Waals surface area contributed by atoms with Crippen molar-refractivity contribution in [2.24, 2.45) is 0 Å². The van der Waals surface area contributed by atoms with Gasteiger partial charge in [-0.3, -0.25) is 9.59 Å². The van der Waals surface area contributed by atoms with Gasteiger partial charge in [0.25, 0.3) is 5.91 Å². The van der Waals surface area contributed by atoms with Crippen LogP contribution in [0.3, 0.4) is 0 Å². The lowest BCUT2D eigenvalue weighted by Gasteiger charge is -2.17. The first-order chi connectivity index (χ1) is 16.0. The first kappa shape index (κ1) is 22.3. The summed E-state index contributed by atoms with van der Waals surface area (Å²) in [4.78, 5) is 39.1. The lowest BCUT2D eigenvalue weighted by molar-refractivity contribution is -0.128. The molecule has 0 aliphatic carbocycles. The largest absolute Gasteiger partial charge is 0.449 e. The lowest BCUT2D eigenvalue weighted by Crippen LogP contribution is -2.30. The van der Waals surface area contributed by atoms with Gasteiger partial charge in [0.15, 0.2) is 6.10 Å². The zero-order valence-corrected chi connectivity index (χ0v) is 18.5. The van der Waals surface area contributed by atoms with E-state index < -0.39 is 18.0 Å². The summed E-state index contributed by atoms with van der Waals surface area (Å²) in [5.74, 6) is -0.863. The number of hydrogen-bond acceptors (Lipinski definition) is 4. The predicted octanol–water partition coefficient (Wildman–Crippen LogP) is 4.66. The molecule has 1 aliphatic rings. The van der Waals surface area contributed by atoms with Crippen LogP contribution in [0.4, 0.5) is 5.69 Å². The van der Waals surface area contributed by atoms with Crippen LogP contribution in [0.1, 0.15) is 35.7 Å². The third-order valence-electron chi connectivity index (χ3n) is 5.63. The van der Waals surface area contributed by atoms with Crippen LogP contribution in [0, 0.1) is 0 Å². The number of rotatable bonds is 7. The number of benzene rings is 3. The number of para-hydroxylation sites is 1. The first-order valence-corrected chi connectivity index (χ1v) is 11.0. The van der Waals surface area contributed by atoms with Crippen molar-refractivity contribution in [2.45, 2.75) is 32.4 Å². The standard InChI is InChI=1S/C27H26N2O4/c1-19(26(31)28-24-14-6-5-13-23(24)21-10-3-2-4-11-21)33-27(32)22-12-7-9-20(17-22)18-29-16-8-15-25(29)30/h2-7,9-14,17,19H,8,15-16,18H2,1H3,(H,28,31). The van der Waals surface area contributed by atoms with E-state index in [0.717, 1.165) is 29.7 Å². The van der Waals surface area contributed by atoms with Crippen LogP contribution in [-0.2, 0) is 20.9 Å². The van der Waals surface area contributed by atoms with E-state index in [0.29, 0.717) is 24.2 Å². The van der Waals surface area contributed by atoms with Crippen molar-refractivity contribution in [3.63, 3.8) is 0 Å². The number of carbonyl (C=O) groups excluding carboxylic acids is 3. The maximum Gasteiger partial charge on any atom is 0.338 e. The Morgan fingerprint density at radius 3 is 2.52 bits per heavy atom. The molecule has 2 amide bonds. The van der Waals surface area contributed by atoms with Gasteiger partial charge in [0.2, 0.25) is 5.91 Å². The quantitative estimate of drug-likeness (QED) is 0.540. The minimum Gasteiger partial charge on any atom is -0.449 e. The Balaban J connectivity index is 1.40. The molecule has 1 unspecified atom stereocenters. The molecule has 0 saturated carbocycles. The molecule has 168 valence electrons. The van der Waals surface area contributed by atoms with E-state index in [1.165, 1.54) is 0 Å². The number of likely N-dealkylation sites (tertiary alicyclic amines) is 1. The topological polar surface area (TPSA) is 75.7 Å². The summed E-state index contributed by atoms with van der Waals surface area (Å²) < 4.78 is 5.43. The van der Waals surface area contributed by atoms with Crippen molar-refractivity contribution in [1.82, 2.24) is 4.90 Å². The van der Waals surface area contributed by atoms with E-state index in [-0.39, 0.29) is 5.91 Å². The first-order valence-electron chi connectivity index (χ1n) is 11.0. The fraction of sp³-hybridized carbons (Fsp3) is 0.222. The number of nitrogens with one attached hydrogen (secondary N) is 1. The molecule has 0 radical (unpaired) electrons. The molecule has 1 fully saturated rings. The van der Waals surface area contributed by atoms with Crippen LogP contribution >= 0.6 is 0 Å². The minimum atomic E-state index is -0.981. The highest BCUT2D eigenvalue weighted by Gasteiger charge is 2.22. The average molecular weight is 443 g/mol. The predicted molar refractivity (Wildman–Crippen MR) is 126 cm³/mol. The fourth-order valence-electron chi connectivity index (χ4n) is 3.87. The zero-order chi connectivity index (χ0) is 23.2. The van der Waals surface area contributed by atoms with Crippen LogP contribution in [0.15, 0.2) is 78.9 Å². The summed E-state index contributed by atoms with van der Waals surface area (Å²) in [5, 5.41) is 2.87. The molecule has 4 rings (SSSR count). The van der Waals surface area contributed by atoms with Gasteiger partial charge in [-0.1, -0.05) is 60.7 Å². The van der Waals surface area contributed by atoms with Gasteiger partial charge in [-0.05, 0) is 42.7 Å². The Labute approximate surface area is 193 Å². The highest BCUT2D eigenvalue weighted by atomic mass is 16.5. The Bertz CT molecular complexity index is 1160. The molecule has 3 aromatic carbocycles. The minimum absolute atomic E-state index is 0.129. The molecule has 6 heteroatoms. The zero-order valence-electron chi connectivity index (χ0n) is 18.5. The lowest BCUT2D eigenvalue weighted by atomic mass is 10.0. The summed E-state index contributed by atoms with van der Waals surface area (Å²) >= 11 is 0. The van der Waals surface area contributed by atoms with Gasteiger partial charge in [-0.25, -0.2) is 4.79 Å². The van der Waals surface area contributed by atoms with E-state index in [1.807, 2.05) is 60.7 Å². The van der Waals surface area contributed by atoms with Crippen molar-refractivity contribution in [3.8, 4) is 11.1 Å². The van der Waals surface area contributed by atoms with E-state index in [9.17, 15) is 14.4 Å². The van der Waals surface area contributed by atoms with Crippen LogP contribution in [0.5, 0.6) is 0 Å². The summed E-state index contributed by atoms with van der Waals surface area (Å²) in [6.45, 7) is 2.74. The number of anilines is 1. The third-order valence-corrected chi connectivity index (χ3v) is 5.63. The molecule has 33 heavy (non-hydrogen) atoms. The second kappa shape index (κ2) is 10.1. The van der Waals surface area contributed by atoms with E-state index in [2.05, 4.69) is 5.32 Å². The summed E-state index contributed by atoms with van der Waals surface area (Å²) in [7, 11) is 0. The molecule has 1 N–H and O–H groups in total. The van der Waals surface area contributed by atoms with Gasteiger partial charge < -0.3 is 15.0 Å². The average Bonchev–Trinajstić information content (AvgIpc) is 3.24. The molecule has 0 aromatic heterocycles. The van der Waals surface area contributed by atoms with Crippen LogP contribution in [0.2, 0.25) is 0 Å². The van der Waals surface area contributed by atoms with Crippen molar-refractivity contribution < 1.29 is 19.1 Å². The van der Waals surface area contributed by atoms with Crippen LogP contribution in [0.25, 0.3) is 11.1 Å². The smallest absolute Gasteiger partial charge is 0.338 e. The van der Waals surface area contributed by atoms with E-state index in [1.54, 1.807) is 30.0 Å². The Morgan fingerprint density at radius 1 is 1.00 bits per heavy atom. The molecular weight excluding hydrogens is 416 g/mol. The molecule has 1 heterocycles. The van der Waals surface area contributed by atoms with Crippen LogP contribution in [-0.4, -0.2) is 35.3 Å². The van der Waals surface area contributed by atoms with Crippen LogP contribution < -0.4 is 5.32 Å². The number of esters is 1. The van der Waals surface area contributed by atoms with Gasteiger partial charge in [-0.15, -0.1) is 0 Å². The summed E-state index contributed by atoms with van der Waals surface area (Å²) in [6.07, 6.45) is 0.452. The second-order valence-corrected chi connectivity index (χ2v) is 8.07. The van der Waals surface area contributed by atoms with Gasteiger partial charge >= 0.3 is 5.97 Å². The van der Waals surface area contributed by atoms with Gasteiger partial charge in [-0.2, -0.15) is 0 Å². The van der Waals surface area contributed by atoms with Crippen molar-refractivity contribution in [2.75, 3.05) is 11.9 Å². The number of hydrogen-bond donors (Lipinski definition) is 1. The van der Waals surface area contributed by atoms with Crippen molar-refractivity contribution in [1.29, 1.82) is 0 Å². The molecule has 1 saturated heterocycles. The Kier molecular flexibility index (Phi) is 6.83. The van der Waals surface area contributed by atoms with Gasteiger partial charge in [0.1, 0.15) is 0 Å². The SMILES string of the molecule is CC(OC(=O)c1cccc(CN2CCCC2=O)c1)C(=O)Nc1ccccc1-c1ccccc1. The number of nitrogens with zero attached hydrogens (tertiary/aromatic N) is 1. The van der Waals surface area contributed by atoms with E-state index >= 15 is 0 Å². The maximum absolute atomic E-state index is 12.8. The molecule has 1 atom stereocenters. The van der Waals surface area contributed by atoms with Gasteiger partial charge in [0, 0.05) is 30.8 Å². The molecule has 3 aromatic rings. The second-order valence-electron chi connectivity index (χ2n) is 8.07. The van der Waals surface area contributed by atoms with Crippen molar-refractivity contribution >= 4 is 23.5 Å². The number of carbonyl (C=O) groups is 3. The normalized spacial score (nSPS) is 14.1. The number of ether oxygens (including phenoxy) is 1. The monoisotopic (exact) mass is 442 g/mol. The summed E-state index contributed by atoms with van der Waals surface area (Å²) in [5.41, 5.74) is 3.71. The highest BCUT2D eigenvalue weighted by Crippen LogP contribution is 2.27. The third kappa shape index (κ3) is 5.47. The molecule has 0 spiro atoms. The Morgan fingerprint density at radius 2 is 1.76 bits per heavy atom. The fourth-order valence-corrected chi connectivity index (χ4v) is 3.87. The Hall–Kier alpha value is -3.93. The van der Waals surface area contributed by atoms with E-state index in [4.69, 9.17) is 4.74 Å². The highest BCUT2D eigenvalue weighted by molar-refractivity contribution is 6.00. The van der Waals surface area contributed by atoms with Crippen molar-refractivity contribution in [3.05, 3.63) is 90.0 Å². The molecule has 0 bridgehead atoms. The summed E-state index contributed by atoms with van der Waals surface area (Å²) in [6, 6.07) is 24.2. The molecular formula is C27H26N2O4.